The molecule has 3 aromatic carbocycles. The monoisotopic (exact) mass is 719 g/mol. The van der Waals surface area contributed by atoms with E-state index in [-0.39, 0.29) is 25.5 Å². The molecule has 0 aliphatic carbocycles. The van der Waals surface area contributed by atoms with Crippen LogP contribution in [0, 0.1) is 17.5 Å². The molecule has 2 heterocycles. The largest absolute Gasteiger partial charge is 0.305 e. The molecule has 0 unspecified atom stereocenters. The van der Waals surface area contributed by atoms with Gasteiger partial charge in [-0.3, -0.25) is 0 Å². The summed E-state index contributed by atoms with van der Waals surface area (Å²) in [5, 5.41) is 1.48. The summed E-state index contributed by atoms with van der Waals surface area (Å²) >= 11 is 0. The third-order valence-electron chi connectivity index (χ3n) is 6.36. The first-order chi connectivity index (χ1) is 18.6. The second-order valence-electron chi connectivity index (χ2n) is 12.1. The molecule has 0 aliphatic rings. The van der Waals surface area contributed by atoms with Crippen LogP contribution in [-0.4, -0.2) is 18.0 Å². The molecule has 0 fully saturated rings. The first-order valence-electron chi connectivity index (χ1n) is 13.6. The van der Waals surface area contributed by atoms with E-state index < -0.39 is 8.07 Å². The van der Waals surface area contributed by atoms with Gasteiger partial charge in [0.1, 0.15) is 0 Å². The molecule has 0 saturated carbocycles. The van der Waals surface area contributed by atoms with Crippen molar-refractivity contribution in [3.05, 3.63) is 127 Å². The fourth-order valence-electron chi connectivity index (χ4n) is 4.53. The Kier molecular flexibility index (Phi) is 10.9. The minimum atomic E-state index is -1.37. The van der Waals surface area contributed by atoms with Crippen molar-refractivity contribution in [2.45, 2.75) is 46.8 Å². The van der Waals surface area contributed by atoms with E-state index in [1.807, 2.05) is 72.9 Å². The van der Waals surface area contributed by atoms with Gasteiger partial charge in [-0.15, -0.1) is 71.8 Å². The van der Waals surface area contributed by atoms with Crippen LogP contribution in [0.3, 0.4) is 0 Å². The Labute approximate surface area is 255 Å². The molecule has 0 saturated heterocycles. The third-order valence-corrected chi connectivity index (χ3v) is 8.42. The van der Waals surface area contributed by atoms with Crippen LogP contribution in [0.15, 0.2) is 109 Å². The van der Waals surface area contributed by atoms with Crippen molar-refractivity contribution < 1.29 is 20.1 Å². The van der Waals surface area contributed by atoms with Crippen LogP contribution in [0.2, 0.25) is 19.6 Å². The topological polar surface area (TPSA) is 25.8 Å². The standard InChI is InChI=1S/C19H26NSi.C17H12N.Ir/c1-19(2,3)13-16-12-17(15-10-8-7-9-11-15)20-14-18(16)21(4,5)6;1-3-7-14(8-4-1)16-11-12-18-17(13-16)15-9-5-2-6-10-15;/h7-10,12,14H,13H2,1-6H3;1-9,11-13H;/q2*-1;. The molecule has 2 nitrogen and oxygen atoms in total. The molecule has 2 aromatic heterocycles. The first kappa shape index (κ1) is 31.4. The van der Waals surface area contributed by atoms with Crippen LogP contribution in [0.25, 0.3) is 33.6 Å². The summed E-state index contributed by atoms with van der Waals surface area (Å²) in [7, 11) is -1.37. The van der Waals surface area contributed by atoms with Gasteiger partial charge < -0.3 is 9.97 Å². The minimum absolute atomic E-state index is 0. The molecule has 0 aliphatic heterocycles. The minimum Gasteiger partial charge on any atom is -0.305 e. The van der Waals surface area contributed by atoms with Gasteiger partial charge in [-0.25, -0.2) is 0 Å². The predicted octanol–water partition coefficient (Wildman–Crippen LogP) is 8.90. The molecule has 0 spiro atoms. The van der Waals surface area contributed by atoms with Gasteiger partial charge in [-0.1, -0.05) is 88.4 Å². The Balaban J connectivity index is 0.000000217. The maximum absolute atomic E-state index is 4.71. The van der Waals surface area contributed by atoms with E-state index in [2.05, 4.69) is 94.1 Å². The van der Waals surface area contributed by atoms with E-state index >= 15 is 0 Å². The van der Waals surface area contributed by atoms with Gasteiger partial charge in [-0.2, -0.15) is 0 Å². The Morgan fingerprint density at radius 3 is 1.77 bits per heavy atom. The van der Waals surface area contributed by atoms with Crippen LogP contribution in [0.5, 0.6) is 0 Å². The van der Waals surface area contributed by atoms with E-state index in [0.29, 0.717) is 0 Å². The van der Waals surface area contributed by atoms with Gasteiger partial charge in [-0.05, 0) is 45.6 Å². The molecule has 207 valence electrons. The fraction of sp³-hybridized carbons (Fsp3) is 0.222. The summed E-state index contributed by atoms with van der Waals surface area (Å²) in [6, 6.07) is 39.2. The molecule has 1 radical (unpaired) electrons. The molecule has 40 heavy (non-hydrogen) atoms. The average molecular weight is 719 g/mol. The van der Waals surface area contributed by atoms with Crippen LogP contribution in [0.4, 0.5) is 0 Å². The van der Waals surface area contributed by atoms with Crippen LogP contribution < -0.4 is 5.19 Å². The molecule has 4 heteroatoms. The zero-order valence-corrected chi connectivity index (χ0v) is 27.7. The van der Waals surface area contributed by atoms with Gasteiger partial charge in [0, 0.05) is 32.5 Å². The van der Waals surface area contributed by atoms with E-state index in [1.165, 1.54) is 21.9 Å². The second kappa shape index (κ2) is 13.9. The van der Waals surface area contributed by atoms with E-state index in [4.69, 9.17) is 4.98 Å². The van der Waals surface area contributed by atoms with Gasteiger partial charge in [0.25, 0.3) is 0 Å². The zero-order chi connectivity index (χ0) is 27.9. The van der Waals surface area contributed by atoms with Crippen molar-refractivity contribution in [2.24, 2.45) is 5.41 Å². The van der Waals surface area contributed by atoms with Crippen molar-refractivity contribution in [1.82, 2.24) is 9.97 Å². The summed E-state index contributed by atoms with van der Waals surface area (Å²) in [5.74, 6) is 0. The van der Waals surface area contributed by atoms with Crippen LogP contribution >= 0.6 is 0 Å². The Morgan fingerprint density at radius 2 is 1.25 bits per heavy atom. The maximum atomic E-state index is 4.71. The number of rotatable bonds is 5. The molecular weight excluding hydrogens is 681 g/mol. The molecule has 5 aromatic rings. The molecule has 5 rings (SSSR count). The van der Waals surface area contributed by atoms with E-state index in [9.17, 15) is 0 Å². The van der Waals surface area contributed by atoms with Gasteiger partial charge >= 0.3 is 0 Å². The molecule has 0 amide bonds. The summed E-state index contributed by atoms with van der Waals surface area (Å²) in [4.78, 5) is 9.11. The van der Waals surface area contributed by atoms with E-state index in [0.717, 1.165) is 28.9 Å². The molecular formula is C36H38IrN2Si-2. The van der Waals surface area contributed by atoms with Gasteiger partial charge in [0.05, 0.1) is 8.07 Å². The number of pyridine rings is 2. The van der Waals surface area contributed by atoms with Gasteiger partial charge in [0.15, 0.2) is 0 Å². The van der Waals surface area contributed by atoms with Crippen LogP contribution in [0.1, 0.15) is 26.3 Å². The summed E-state index contributed by atoms with van der Waals surface area (Å²) in [5.41, 5.74) is 8.23. The normalized spacial score (nSPS) is 11.2. The summed E-state index contributed by atoms with van der Waals surface area (Å²) in [6.45, 7) is 14.1. The van der Waals surface area contributed by atoms with Crippen molar-refractivity contribution >= 4 is 13.3 Å². The second-order valence-corrected chi connectivity index (χ2v) is 17.1. The smallest absolute Gasteiger partial charge is 0.0798 e. The van der Waals surface area contributed by atoms with E-state index in [1.54, 1.807) is 0 Å². The number of benzene rings is 3. The Hall–Kier alpha value is -3.17. The van der Waals surface area contributed by atoms with Gasteiger partial charge in [0.2, 0.25) is 0 Å². The predicted molar refractivity (Wildman–Crippen MR) is 169 cm³/mol. The Morgan fingerprint density at radius 1 is 0.675 bits per heavy atom. The number of hydrogen-bond donors (Lipinski definition) is 0. The first-order valence-corrected chi connectivity index (χ1v) is 17.1. The number of aromatic nitrogens is 2. The third kappa shape index (κ3) is 8.92. The number of hydrogen-bond acceptors (Lipinski definition) is 2. The quantitative estimate of drug-likeness (QED) is 0.134. The summed E-state index contributed by atoms with van der Waals surface area (Å²) < 4.78 is 0. The average Bonchev–Trinajstić information content (AvgIpc) is 2.93. The molecule has 0 atom stereocenters. The van der Waals surface area contributed by atoms with Crippen molar-refractivity contribution in [3.8, 4) is 33.6 Å². The SMILES string of the molecule is CC(C)(C)Cc1cc(-c2[c-]cccc2)ncc1[Si](C)(C)C.[Ir].[c-]1ccccc1-c1cc(-c2ccccc2)ccn1. The molecule has 0 bridgehead atoms. The maximum Gasteiger partial charge on any atom is 0.0798 e. The number of nitrogens with zero attached hydrogens (tertiary/aromatic N) is 2. The van der Waals surface area contributed by atoms with Crippen LogP contribution in [-0.2, 0) is 26.5 Å². The van der Waals surface area contributed by atoms with Crippen molar-refractivity contribution in [2.75, 3.05) is 0 Å². The molecule has 0 N–H and O–H groups in total. The summed E-state index contributed by atoms with van der Waals surface area (Å²) in [6.07, 6.45) is 5.05. The van der Waals surface area contributed by atoms with Crippen molar-refractivity contribution in [1.29, 1.82) is 0 Å². The zero-order valence-electron chi connectivity index (χ0n) is 24.3. The fourth-order valence-corrected chi connectivity index (χ4v) is 6.11. The Bertz CT molecular complexity index is 1420. The van der Waals surface area contributed by atoms with Crippen molar-refractivity contribution in [3.63, 3.8) is 0 Å².